The first kappa shape index (κ1) is 14.8. The van der Waals surface area contributed by atoms with Gasteiger partial charge in [0.05, 0.1) is 0 Å². The van der Waals surface area contributed by atoms with Crippen molar-refractivity contribution in [1.29, 1.82) is 0 Å². The second-order valence-electron chi connectivity index (χ2n) is 4.37. The quantitative estimate of drug-likeness (QED) is 0.853. The second-order valence-corrected chi connectivity index (χ2v) is 5.21. The maximum absolute atomic E-state index is 6.23. The van der Waals surface area contributed by atoms with Crippen LogP contribution in [-0.2, 0) is 0 Å². The highest BCUT2D eigenvalue weighted by atomic mass is 35.5. The summed E-state index contributed by atoms with van der Waals surface area (Å²) in [5, 5.41) is 4.96. The largest absolute Gasteiger partial charge is 0.310 e. The van der Waals surface area contributed by atoms with E-state index in [4.69, 9.17) is 23.2 Å². The van der Waals surface area contributed by atoms with Crippen molar-refractivity contribution in [1.82, 2.24) is 10.2 Å². The van der Waals surface area contributed by atoms with Crippen LogP contribution in [0.2, 0.25) is 10.0 Å². The van der Waals surface area contributed by atoms with Crippen LogP contribution in [0.1, 0.15) is 24.9 Å². The van der Waals surface area contributed by atoms with Crippen molar-refractivity contribution in [3.63, 3.8) is 0 Å². The van der Waals surface area contributed by atoms with Crippen molar-refractivity contribution in [2.75, 3.05) is 27.2 Å². The van der Waals surface area contributed by atoms with Crippen LogP contribution < -0.4 is 5.32 Å². The zero-order chi connectivity index (χ0) is 12.8. The van der Waals surface area contributed by atoms with Gasteiger partial charge in [0, 0.05) is 16.1 Å². The summed E-state index contributed by atoms with van der Waals surface area (Å²) in [7, 11) is 4.14. The first-order valence-corrected chi connectivity index (χ1v) is 6.63. The molecule has 0 fully saturated rings. The molecule has 0 aliphatic rings. The van der Waals surface area contributed by atoms with Gasteiger partial charge in [-0.2, -0.15) is 0 Å². The smallest absolute Gasteiger partial charge is 0.0454 e. The van der Waals surface area contributed by atoms with Crippen LogP contribution in [0, 0.1) is 0 Å². The van der Waals surface area contributed by atoms with Gasteiger partial charge < -0.3 is 10.2 Å². The molecule has 0 aliphatic heterocycles. The Morgan fingerprint density at radius 3 is 2.59 bits per heavy atom. The minimum absolute atomic E-state index is 0.258. The molecule has 0 spiro atoms. The molecule has 0 saturated heterocycles. The van der Waals surface area contributed by atoms with E-state index in [1.54, 1.807) is 0 Å². The van der Waals surface area contributed by atoms with Crippen LogP contribution in [0.4, 0.5) is 0 Å². The molecule has 4 heteroatoms. The first-order valence-electron chi connectivity index (χ1n) is 5.87. The summed E-state index contributed by atoms with van der Waals surface area (Å²) >= 11 is 12.3. The van der Waals surface area contributed by atoms with E-state index >= 15 is 0 Å². The summed E-state index contributed by atoms with van der Waals surface area (Å²) in [6, 6.07) is 5.89. The van der Waals surface area contributed by atoms with Gasteiger partial charge >= 0.3 is 0 Å². The van der Waals surface area contributed by atoms with Crippen molar-refractivity contribution in [2.45, 2.75) is 19.4 Å². The lowest BCUT2D eigenvalue weighted by atomic mass is 10.0. The van der Waals surface area contributed by atoms with Crippen LogP contribution in [0.25, 0.3) is 0 Å². The van der Waals surface area contributed by atoms with E-state index in [-0.39, 0.29) is 6.04 Å². The summed E-state index contributed by atoms with van der Waals surface area (Å²) in [6.45, 7) is 4.03. The Labute approximate surface area is 114 Å². The van der Waals surface area contributed by atoms with Crippen LogP contribution in [0.15, 0.2) is 18.2 Å². The maximum Gasteiger partial charge on any atom is 0.0454 e. The predicted molar refractivity (Wildman–Crippen MR) is 76.1 cm³/mol. The van der Waals surface area contributed by atoms with Crippen molar-refractivity contribution in [2.24, 2.45) is 0 Å². The predicted octanol–water partition coefficient (Wildman–Crippen LogP) is 3.60. The molecule has 1 unspecified atom stereocenters. The number of nitrogens with one attached hydrogen (secondary N) is 1. The van der Waals surface area contributed by atoms with Crippen molar-refractivity contribution < 1.29 is 0 Å². The average Bonchev–Trinajstić information content (AvgIpc) is 2.27. The molecule has 1 aromatic rings. The molecule has 0 aromatic heterocycles. The van der Waals surface area contributed by atoms with E-state index in [1.165, 1.54) is 0 Å². The molecule has 1 atom stereocenters. The second kappa shape index (κ2) is 7.22. The lowest BCUT2D eigenvalue weighted by Gasteiger charge is -2.21. The third-order valence-corrected chi connectivity index (χ3v) is 3.23. The fourth-order valence-electron chi connectivity index (χ4n) is 1.78. The van der Waals surface area contributed by atoms with Crippen molar-refractivity contribution >= 4 is 23.2 Å². The molecule has 0 heterocycles. The highest BCUT2D eigenvalue weighted by Crippen LogP contribution is 2.28. The number of hydrogen-bond acceptors (Lipinski definition) is 2. The molecular formula is C13H20Cl2N2. The summed E-state index contributed by atoms with van der Waals surface area (Å²) in [5.74, 6) is 0. The molecule has 1 N–H and O–H groups in total. The van der Waals surface area contributed by atoms with Crippen molar-refractivity contribution in [3.05, 3.63) is 33.8 Å². The van der Waals surface area contributed by atoms with Crippen LogP contribution in [0.5, 0.6) is 0 Å². The molecule has 0 amide bonds. The topological polar surface area (TPSA) is 15.3 Å². The molecule has 0 bridgehead atoms. The number of halogens is 2. The summed E-state index contributed by atoms with van der Waals surface area (Å²) in [5.41, 5.74) is 1.09. The molecule has 1 aromatic carbocycles. The Morgan fingerprint density at radius 1 is 1.29 bits per heavy atom. The third-order valence-electron chi connectivity index (χ3n) is 2.65. The van der Waals surface area contributed by atoms with Crippen molar-refractivity contribution in [3.8, 4) is 0 Å². The van der Waals surface area contributed by atoms with Gasteiger partial charge in [0.25, 0.3) is 0 Å². The minimum atomic E-state index is 0.258. The average molecular weight is 275 g/mol. The molecule has 96 valence electrons. The molecule has 0 saturated carbocycles. The minimum Gasteiger partial charge on any atom is -0.310 e. The normalized spacial score (nSPS) is 13.1. The Balaban J connectivity index is 2.84. The fourth-order valence-corrected chi connectivity index (χ4v) is 2.21. The van der Waals surface area contributed by atoms with Gasteiger partial charge in [-0.25, -0.2) is 0 Å². The van der Waals surface area contributed by atoms with Crippen LogP contribution in [0.3, 0.4) is 0 Å². The molecule has 2 nitrogen and oxygen atoms in total. The zero-order valence-electron chi connectivity index (χ0n) is 10.6. The van der Waals surface area contributed by atoms with Gasteiger partial charge in [0.1, 0.15) is 0 Å². The SMILES string of the molecule is CCNC(CCN(C)C)c1cc(Cl)ccc1Cl. The van der Waals surface area contributed by atoms with Gasteiger partial charge in [-0.15, -0.1) is 0 Å². The van der Waals surface area contributed by atoms with Gasteiger partial charge in [0.2, 0.25) is 0 Å². The lowest BCUT2D eigenvalue weighted by Crippen LogP contribution is -2.25. The standard InChI is InChI=1S/C13H20Cl2N2/c1-4-16-13(7-8-17(2)3)11-9-10(14)5-6-12(11)15/h5-6,9,13,16H,4,7-8H2,1-3H3. The van der Waals surface area contributed by atoms with Gasteiger partial charge in [0.15, 0.2) is 0 Å². The first-order chi connectivity index (χ1) is 8.04. The number of benzene rings is 1. The molecule has 0 aliphatic carbocycles. The highest BCUT2D eigenvalue weighted by molar-refractivity contribution is 6.33. The molecule has 0 radical (unpaired) electrons. The van der Waals surface area contributed by atoms with E-state index in [0.29, 0.717) is 0 Å². The Morgan fingerprint density at radius 2 is 2.00 bits per heavy atom. The Kier molecular flexibility index (Phi) is 6.28. The Hall–Kier alpha value is -0.280. The fraction of sp³-hybridized carbons (Fsp3) is 0.538. The van der Waals surface area contributed by atoms with E-state index in [2.05, 4.69) is 31.2 Å². The zero-order valence-corrected chi connectivity index (χ0v) is 12.1. The lowest BCUT2D eigenvalue weighted by molar-refractivity contribution is 0.363. The maximum atomic E-state index is 6.23. The van der Waals surface area contributed by atoms with Gasteiger partial charge in [-0.1, -0.05) is 30.1 Å². The van der Waals surface area contributed by atoms with Crippen LogP contribution >= 0.6 is 23.2 Å². The molecule has 1 rings (SSSR count). The number of nitrogens with zero attached hydrogens (tertiary/aromatic N) is 1. The summed E-state index contributed by atoms with van der Waals surface area (Å²) < 4.78 is 0. The number of rotatable bonds is 6. The monoisotopic (exact) mass is 274 g/mol. The summed E-state index contributed by atoms with van der Waals surface area (Å²) in [6.07, 6.45) is 1.01. The molecular weight excluding hydrogens is 255 g/mol. The van der Waals surface area contributed by atoms with E-state index in [1.807, 2.05) is 18.2 Å². The van der Waals surface area contributed by atoms with Gasteiger partial charge in [-0.05, 0) is 57.4 Å². The van der Waals surface area contributed by atoms with E-state index < -0.39 is 0 Å². The van der Waals surface area contributed by atoms with E-state index in [0.717, 1.165) is 35.1 Å². The third kappa shape index (κ3) is 4.84. The highest BCUT2D eigenvalue weighted by Gasteiger charge is 2.14. The Bertz CT molecular complexity index is 353. The van der Waals surface area contributed by atoms with Crippen LogP contribution in [-0.4, -0.2) is 32.1 Å². The number of hydrogen-bond donors (Lipinski definition) is 1. The molecule has 17 heavy (non-hydrogen) atoms. The van der Waals surface area contributed by atoms with E-state index in [9.17, 15) is 0 Å². The van der Waals surface area contributed by atoms with Gasteiger partial charge in [-0.3, -0.25) is 0 Å². The summed E-state index contributed by atoms with van der Waals surface area (Å²) in [4.78, 5) is 2.17.